The fraction of sp³-hybridized carbons (Fsp3) is 0.0741. The number of urea groups is 1. The number of carbonyl (C=O) groups excluding carboxylic acids is 3. The van der Waals surface area contributed by atoms with Gasteiger partial charge < -0.3 is 5.32 Å². The van der Waals surface area contributed by atoms with Crippen molar-refractivity contribution >= 4 is 63.2 Å². The van der Waals surface area contributed by atoms with Crippen molar-refractivity contribution in [3.05, 3.63) is 106 Å². The first-order valence-electron chi connectivity index (χ1n) is 10.9. The number of hydrogen-bond donors (Lipinski definition) is 1. The van der Waals surface area contributed by atoms with Crippen molar-refractivity contribution in [1.82, 2.24) is 4.90 Å². The van der Waals surface area contributed by atoms with Crippen molar-refractivity contribution in [2.24, 2.45) is 0 Å². The van der Waals surface area contributed by atoms with Crippen LogP contribution in [0.2, 0.25) is 10.0 Å². The van der Waals surface area contributed by atoms with Gasteiger partial charge in [0.2, 0.25) is 0 Å². The summed E-state index contributed by atoms with van der Waals surface area (Å²) in [5, 5.41) is 5.35. The van der Waals surface area contributed by atoms with Crippen LogP contribution in [0.4, 0.5) is 16.2 Å². The largest absolute Gasteiger partial charge is 0.326 e. The molecule has 0 spiro atoms. The maximum atomic E-state index is 13.5. The summed E-state index contributed by atoms with van der Waals surface area (Å²) in [5.74, 6) is -0.735. The van der Waals surface area contributed by atoms with Crippen LogP contribution in [0.3, 0.4) is 0 Å². The van der Waals surface area contributed by atoms with Crippen LogP contribution in [-0.2, 0) is 0 Å². The molecule has 1 heterocycles. The van der Waals surface area contributed by atoms with E-state index in [0.29, 0.717) is 32.5 Å². The first kappa shape index (κ1) is 22.9. The Kier molecular flexibility index (Phi) is 6.16. The molecule has 0 bridgehead atoms. The zero-order valence-corrected chi connectivity index (χ0v) is 19.9. The van der Waals surface area contributed by atoms with Gasteiger partial charge in [-0.3, -0.25) is 19.4 Å². The van der Waals surface area contributed by atoms with E-state index in [1.807, 2.05) is 42.5 Å². The van der Waals surface area contributed by atoms with Gasteiger partial charge in [0.05, 0.1) is 26.9 Å². The number of benzene rings is 4. The van der Waals surface area contributed by atoms with Crippen LogP contribution in [0.1, 0.15) is 20.7 Å². The third-order valence-electron chi connectivity index (χ3n) is 5.90. The number of anilines is 2. The summed E-state index contributed by atoms with van der Waals surface area (Å²) in [6.07, 6.45) is 0. The van der Waals surface area contributed by atoms with Crippen molar-refractivity contribution in [3.63, 3.8) is 0 Å². The quantitative estimate of drug-likeness (QED) is 0.316. The zero-order chi connectivity index (χ0) is 24.5. The SMILES string of the molecule is O=C1c2ccccc2C(=O)N1CCN(C(=O)Nc1ccc(Cl)c(Cl)c1)c1cccc2ccccc12. The molecule has 35 heavy (non-hydrogen) atoms. The minimum absolute atomic E-state index is 0.0321. The molecular formula is C27H19Cl2N3O3. The lowest BCUT2D eigenvalue weighted by molar-refractivity contribution is 0.0658. The van der Waals surface area contributed by atoms with E-state index < -0.39 is 6.03 Å². The Balaban J connectivity index is 1.46. The normalized spacial score (nSPS) is 12.7. The number of carbonyl (C=O) groups is 3. The lowest BCUT2D eigenvalue weighted by Gasteiger charge is -2.26. The molecule has 174 valence electrons. The van der Waals surface area contributed by atoms with Crippen molar-refractivity contribution in [1.29, 1.82) is 0 Å². The van der Waals surface area contributed by atoms with Gasteiger partial charge in [0.25, 0.3) is 11.8 Å². The molecule has 4 aromatic carbocycles. The van der Waals surface area contributed by atoms with Crippen molar-refractivity contribution < 1.29 is 14.4 Å². The van der Waals surface area contributed by atoms with Gasteiger partial charge in [-0.05, 0) is 41.8 Å². The monoisotopic (exact) mass is 503 g/mol. The summed E-state index contributed by atoms with van der Waals surface area (Å²) in [7, 11) is 0. The zero-order valence-electron chi connectivity index (χ0n) is 18.4. The van der Waals surface area contributed by atoms with Gasteiger partial charge in [0.15, 0.2) is 0 Å². The Morgan fingerprint density at radius 1 is 0.800 bits per heavy atom. The van der Waals surface area contributed by atoms with E-state index >= 15 is 0 Å². The molecular weight excluding hydrogens is 485 g/mol. The maximum absolute atomic E-state index is 13.5. The molecule has 5 rings (SSSR count). The van der Waals surface area contributed by atoms with Gasteiger partial charge in [-0.25, -0.2) is 4.79 Å². The summed E-state index contributed by atoms with van der Waals surface area (Å²) in [6, 6.07) is 24.4. The fourth-order valence-electron chi connectivity index (χ4n) is 4.18. The Hall–Kier alpha value is -3.87. The van der Waals surface area contributed by atoms with Crippen LogP contribution in [0.5, 0.6) is 0 Å². The lowest BCUT2D eigenvalue weighted by atomic mass is 10.1. The van der Waals surface area contributed by atoms with Gasteiger partial charge in [0, 0.05) is 24.2 Å². The summed E-state index contributed by atoms with van der Waals surface area (Å²) in [6.45, 7) is 0.122. The molecule has 0 radical (unpaired) electrons. The highest BCUT2D eigenvalue weighted by Gasteiger charge is 2.35. The number of nitrogens with zero attached hydrogens (tertiary/aromatic N) is 2. The molecule has 8 heteroatoms. The maximum Gasteiger partial charge on any atom is 0.326 e. The van der Waals surface area contributed by atoms with E-state index in [1.165, 1.54) is 9.80 Å². The van der Waals surface area contributed by atoms with Crippen LogP contribution < -0.4 is 10.2 Å². The molecule has 1 aliphatic rings. The second-order valence-electron chi connectivity index (χ2n) is 8.02. The highest BCUT2D eigenvalue weighted by atomic mass is 35.5. The second-order valence-corrected chi connectivity index (χ2v) is 8.83. The topological polar surface area (TPSA) is 69.7 Å². The molecule has 0 aliphatic carbocycles. The summed E-state index contributed by atoms with van der Waals surface area (Å²) < 4.78 is 0. The predicted octanol–water partition coefficient (Wildman–Crippen LogP) is 6.48. The van der Waals surface area contributed by atoms with Gasteiger partial charge in [-0.15, -0.1) is 0 Å². The van der Waals surface area contributed by atoms with E-state index in [4.69, 9.17) is 23.2 Å². The molecule has 0 unspecified atom stereocenters. The van der Waals surface area contributed by atoms with E-state index in [-0.39, 0.29) is 24.9 Å². The standard InChI is InChI=1S/C27H19Cl2N3O3/c28-22-13-12-18(16-23(22)29)30-27(35)31(24-11-5-7-17-6-1-2-8-19(17)24)14-15-32-25(33)20-9-3-4-10-21(20)26(32)34/h1-13,16H,14-15H2,(H,30,35). The number of halogens is 2. The third kappa shape index (κ3) is 4.34. The fourth-order valence-corrected chi connectivity index (χ4v) is 4.48. The average Bonchev–Trinajstić information content (AvgIpc) is 3.11. The van der Waals surface area contributed by atoms with Gasteiger partial charge >= 0.3 is 6.03 Å². The van der Waals surface area contributed by atoms with Crippen LogP contribution >= 0.6 is 23.2 Å². The molecule has 1 aliphatic heterocycles. The van der Waals surface area contributed by atoms with E-state index in [9.17, 15) is 14.4 Å². The number of imide groups is 1. The molecule has 0 atom stereocenters. The van der Waals surface area contributed by atoms with E-state index in [2.05, 4.69) is 5.32 Å². The molecule has 0 saturated heterocycles. The van der Waals surface area contributed by atoms with Crippen LogP contribution in [0, 0.1) is 0 Å². The first-order valence-corrected chi connectivity index (χ1v) is 11.7. The van der Waals surface area contributed by atoms with Crippen LogP contribution in [0.25, 0.3) is 10.8 Å². The highest BCUT2D eigenvalue weighted by molar-refractivity contribution is 6.42. The van der Waals surface area contributed by atoms with E-state index in [1.54, 1.807) is 42.5 Å². The minimum Gasteiger partial charge on any atom is -0.307 e. The first-order chi connectivity index (χ1) is 16.9. The highest BCUT2D eigenvalue weighted by Crippen LogP contribution is 2.30. The van der Waals surface area contributed by atoms with Gasteiger partial charge in [-0.1, -0.05) is 71.7 Å². The lowest BCUT2D eigenvalue weighted by Crippen LogP contribution is -2.42. The number of rotatable bonds is 5. The molecule has 6 nitrogen and oxygen atoms in total. The summed E-state index contributed by atoms with van der Waals surface area (Å²) >= 11 is 12.1. The summed E-state index contributed by atoms with van der Waals surface area (Å²) in [4.78, 5) is 41.9. The Morgan fingerprint density at radius 2 is 1.46 bits per heavy atom. The number of hydrogen-bond acceptors (Lipinski definition) is 3. The average molecular weight is 504 g/mol. The number of nitrogens with one attached hydrogen (secondary N) is 1. The Morgan fingerprint density at radius 3 is 2.17 bits per heavy atom. The van der Waals surface area contributed by atoms with Gasteiger partial charge in [-0.2, -0.15) is 0 Å². The summed E-state index contributed by atoms with van der Waals surface area (Å²) in [5.41, 5.74) is 1.86. The van der Waals surface area contributed by atoms with Crippen molar-refractivity contribution in [2.75, 3.05) is 23.3 Å². The van der Waals surface area contributed by atoms with Gasteiger partial charge in [0.1, 0.15) is 0 Å². The van der Waals surface area contributed by atoms with Crippen molar-refractivity contribution in [2.45, 2.75) is 0 Å². The van der Waals surface area contributed by atoms with E-state index in [0.717, 1.165) is 10.8 Å². The van der Waals surface area contributed by atoms with Crippen LogP contribution in [-0.4, -0.2) is 35.8 Å². The molecule has 4 amide bonds. The molecule has 4 aromatic rings. The molecule has 0 aromatic heterocycles. The number of fused-ring (bicyclic) bond motifs is 2. The second kappa shape index (κ2) is 9.41. The molecule has 0 saturated carbocycles. The number of amides is 4. The smallest absolute Gasteiger partial charge is 0.307 e. The molecule has 1 N–H and O–H groups in total. The molecule has 0 fully saturated rings. The predicted molar refractivity (Wildman–Crippen MR) is 139 cm³/mol. The van der Waals surface area contributed by atoms with Crippen LogP contribution in [0.15, 0.2) is 84.9 Å². The minimum atomic E-state index is -0.434. The third-order valence-corrected chi connectivity index (χ3v) is 6.64. The van der Waals surface area contributed by atoms with Crippen molar-refractivity contribution in [3.8, 4) is 0 Å². The Bertz CT molecular complexity index is 1450. The Labute approximate surface area is 211 Å².